The number of hydrogen-bond donors (Lipinski definition) is 0. The molecule has 0 N–H and O–H groups in total. The molecule has 0 bridgehead atoms. The van der Waals surface area contributed by atoms with Crippen LogP contribution in [0.25, 0.3) is 0 Å². The highest BCUT2D eigenvalue weighted by atomic mass is 19.1. The number of amides is 3. The van der Waals surface area contributed by atoms with Gasteiger partial charge in [-0.2, -0.15) is 0 Å². The van der Waals surface area contributed by atoms with Gasteiger partial charge in [0.25, 0.3) is 5.91 Å². The zero-order valence-electron chi connectivity index (χ0n) is 18.3. The smallest absolute Gasteiger partial charge is 0.328 e. The van der Waals surface area contributed by atoms with E-state index >= 15 is 0 Å². The second-order valence-electron chi connectivity index (χ2n) is 7.94. The number of nitrogens with zero attached hydrogens (tertiary/aromatic N) is 5. The minimum atomic E-state index is -0.656. The maximum absolute atomic E-state index is 14.2. The normalized spacial score (nSPS) is 23.1. The zero-order valence-corrected chi connectivity index (χ0v) is 18.3. The summed E-state index contributed by atoms with van der Waals surface area (Å²) in [5.41, 5.74) is 2.27. The van der Waals surface area contributed by atoms with Crippen molar-refractivity contribution in [1.82, 2.24) is 19.6 Å². The van der Waals surface area contributed by atoms with Crippen LogP contribution in [0, 0.1) is 5.82 Å². The van der Waals surface area contributed by atoms with Gasteiger partial charge in [0.15, 0.2) is 12.2 Å². The van der Waals surface area contributed by atoms with Crippen LogP contribution in [-0.4, -0.2) is 76.5 Å². The number of rotatable bonds is 7. The summed E-state index contributed by atoms with van der Waals surface area (Å²) in [5, 5.41) is 0. The second kappa shape index (κ2) is 8.30. The molecule has 9 heteroatoms. The van der Waals surface area contributed by atoms with Crippen LogP contribution in [-0.2, 0) is 16.1 Å². The molecule has 0 aromatic heterocycles. The van der Waals surface area contributed by atoms with Gasteiger partial charge >= 0.3 is 6.03 Å². The van der Waals surface area contributed by atoms with E-state index in [0.29, 0.717) is 31.3 Å². The monoisotopic (exact) mass is 429 g/mol. The van der Waals surface area contributed by atoms with Crippen molar-refractivity contribution in [3.63, 3.8) is 0 Å². The maximum Gasteiger partial charge on any atom is 0.328 e. The molecule has 1 aromatic rings. The molecular weight excluding hydrogens is 401 g/mol. The minimum absolute atomic E-state index is 0.110. The molecule has 4 rings (SSSR count). The summed E-state index contributed by atoms with van der Waals surface area (Å²) in [7, 11) is 1.64. The molecule has 0 radical (unpaired) electrons. The highest BCUT2D eigenvalue weighted by Crippen LogP contribution is 2.38. The van der Waals surface area contributed by atoms with E-state index < -0.39 is 24.1 Å². The Morgan fingerprint density at radius 1 is 1.13 bits per heavy atom. The molecule has 3 aliphatic rings. The predicted octanol–water partition coefficient (Wildman–Crippen LogP) is 2.58. The van der Waals surface area contributed by atoms with E-state index in [-0.39, 0.29) is 12.5 Å². The summed E-state index contributed by atoms with van der Waals surface area (Å²) in [6.45, 7) is 7.84. The highest BCUT2D eigenvalue weighted by molar-refractivity contribution is 6.05. The van der Waals surface area contributed by atoms with Gasteiger partial charge in [0.05, 0.1) is 6.54 Å². The van der Waals surface area contributed by atoms with Crippen molar-refractivity contribution in [2.45, 2.75) is 45.9 Å². The summed E-state index contributed by atoms with van der Waals surface area (Å²) in [6, 6.07) is 5.06. The largest absolute Gasteiger partial charge is 0.382 e. The first kappa shape index (κ1) is 21.3. The molecule has 0 spiro atoms. The third-order valence-corrected chi connectivity index (χ3v) is 6.16. The quantitative estimate of drug-likeness (QED) is 0.624. The molecule has 166 valence electrons. The van der Waals surface area contributed by atoms with Crippen LogP contribution in [0.2, 0.25) is 0 Å². The van der Waals surface area contributed by atoms with Gasteiger partial charge in [-0.3, -0.25) is 14.6 Å². The lowest BCUT2D eigenvalue weighted by atomic mass is 10.1. The number of allylic oxidation sites excluding steroid dienone is 2. The van der Waals surface area contributed by atoms with E-state index in [2.05, 4.69) is 4.90 Å². The Morgan fingerprint density at radius 2 is 1.87 bits per heavy atom. The molecule has 8 nitrogen and oxygen atoms in total. The molecule has 3 aliphatic heterocycles. The van der Waals surface area contributed by atoms with Crippen LogP contribution >= 0.6 is 0 Å². The summed E-state index contributed by atoms with van der Waals surface area (Å²) in [4.78, 5) is 37.8. The fourth-order valence-electron chi connectivity index (χ4n) is 4.36. The predicted molar refractivity (Wildman–Crippen MR) is 113 cm³/mol. The topological polar surface area (TPSA) is 68.7 Å². The van der Waals surface area contributed by atoms with E-state index in [0.717, 1.165) is 22.7 Å². The van der Waals surface area contributed by atoms with Crippen molar-refractivity contribution in [1.29, 1.82) is 0 Å². The molecule has 1 aromatic carbocycles. The summed E-state index contributed by atoms with van der Waals surface area (Å²) in [6.07, 6.45) is 0.215. The first-order valence-electron chi connectivity index (χ1n) is 10.6. The number of ether oxygens (including phenoxy) is 1. The van der Waals surface area contributed by atoms with Crippen LogP contribution in [0.3, 0.4) is 0 Å². The number of halogens is 1. The Labute approximate surface area is 181 Å². The summed E-state index contributed by atoms with van der Waals surface area (Å²) in [5.74, 6) is -0.120. The standard InChI is InChI=1S/C22H28FN5O3/c1-5-31-12-8-11-26-14(2)15(3)28-18-19(24-21(26)28)25(4)22(30)27(20(18)29)13-16-9-6-7-10-17(16)23/h6-7,9-10,18-19H,5,8,11-13H2,1-4H3. The van der Waals surface area contributed by atoms with Crippen molar-refractivity contribution >= 4 is 17.9 Å². The van der Waals surface area contributed by atoms with Crippen molar-refractivity contribution in [2.24, 2.45) is 4.99 Å². The first-order valence-corrected chi connectivity index (χ1v) is 10.6. The number of imide groups is 1. The molecule has 3 amide bonds. The minimum Gasteiger partial charge on any atom is -0.382 e. The fourth-order valence-corrected chi connectivity index (χ4v) is 4.36. The van der Waals surface area contributed by atoms with Gasteiger partial charge in [0.2, 0.25) is 5.96 Å². The Bertz CT molecular complexity index is 962. The van der Waals surface area contributed by atoms with Crippen molar-refractivity contribution in [2.75, 3.05) is 26.8 Å². The highest BCUT2D eigenvalue weighted by Gasteiger charge is 2.55. The van der Waals surface area contributed by atoms with Crippen molar-refractivity contribution in [3.8, 4) is 0 Å². The number of carbonyl (C=O) groups excluding carboxylic acids is 2. The van der Waals surface area contributed by atoms with Gasteiger partial charge in [-0.15, -0.1) is 0 Å². The van der Waals surface area contributed by atoms with E-state index in [1.165, 1.54) is 11.0 Å². The van der Waals surface area contributed by atoms with Crippen molar-refractivity contribution < 1.29 is 18.7 Å². The molecule has 2 atom stereocenters. The third kappa shape index (κ3) is 3.46. The number of fused-ring (bicyclic) bond motifs is 3. The van der Waals surface area contributed by atoms with E-state index in [4.69, 9.17) is 9.73 Å². The van der Waals surface area contributed by atoms with Gasteiger partial charge in [-0.1, -0.05) is 18.2 Å². The average molecular weight is 429 g/mol. The number of likely N-dealkylation sites (N-methyl/N-ethyl adjacent to an activating group) is 1. The van der Waals surface area contributed by atoms with Gasteiger partial charge < -0.3 is 14.5 Å². The van der Waals surface area contributed by atoms with Gasteiger partial charge in [0.1, 0.15) is 5.82 Å². The van der Waals surface area contributed by atoms with Crippen molar-refractivity contribution in [3.05, 3.63) is 47.0 Å². The second-order valence-corrected chi connectivity index (χ2v) is 7.94. The molecule has 31 heavy (non-hydrogen) atoms. The summed E-state index contributed by atoms with van der Waals surface area (Å²) < 4.78 is 19.6. The summed E-state index contributed by atoms with van der Waals surface area (Å²) >= 11 is 0. The Balaban J connectivity index is 1.60. The van der Waals surface area contributed by atoms with Crippen LogP contribution in [0.5, 0.6) is 0 Å². The number of aliphatic imine (C=N–C) groups is 1. The molecule has 0 aliphatic carbocycles. The van der Waals surface area contributed by atoms with E-state index in [1.807, 2.05) is 25.7 Å². The number of carbonyl (C=O) groups is 2. The fraction of sp³-hybridized carbons (Fsp3) is 0.500. The molecule has 0 saturated carbocycles. The average Bonchev–Trinajstić information content (AvgIpc) is 3.25. The van der Waals surface area contributed by atoms with Gasteiger partial charge in [-0.05, 0) is 33.3 Å². The maximum atomic E-state index is 14.2. The number of hydrogen-bond acceptors (Lipinski definition) is 6. The number of guanidine groups is 1. The lowest BCUT2D eigenvalue weighted by molar-refractivity contribution is -0.137. The lowest BCUT2D eigenvalue weighted by Gasteiger charge is -2.40. The Morgan fingerprint density at radius 3 is 2.58 bits per heavy atom. The van der Waals surface area contributed by atoms with Crippen LogP contribution in [0.4, 0.5) is 9.18 Å². The van der Waals surface area contributed by atoms with Gasteiger partial charge in [-0.25, -0.2) is 14.2 Å². The van der Waals surface area contributed by atoms with E-state index in [1.54, 1.807) is 25.2 Å². The Kier molecular flexibility index (Phi) is 5.70. The zero-order chi connectivity index (χ0) is 22.3. The molecular formula is C22H28FN5O3. The SMILES string of the molecule is CCOCCCN1C2=NC3C(C(=O)N(Cc4ccccc4F)C(=O)N3C)N2C(C)=C1C. The third-order valence-electron chi connectivity index (χ3n) is 6.16. The van der Waals surface area contributed by atoms with Crippen LogP contribution in [0.15, 0.2) is 40.7 Å². The molecule has 1 fully saturated rings. The van der Waals surface area contributed by atoms with Gasteiger partial charge in [0, 0.05) is 43.8 Å². The Hall–Kier alpha value is -2.94. The number of urea groups is 1. The number of benzene rings is 1. The van der Waals surface area contributed by atoms with Crippen LogP contribution < -0.4 is 0 Å². The first-order chi connectivity index (χ1) is 14.9. The van der Waals surface area contributed by atoms with Crippen LogP contribution in [0.1, 0.15) is 32.8 Å². The molecule has 1 saturated heterocycles. The lowest BCUT2D eigenvalue weighted by Crippen LogP contribution is -2.64. The molecule has 2 unspecified atom stereocenters. The van der Waals surface area contributed by atoms with E-state index in [9.17, 15) is 14.0 Å². The molecule has 3 heterocycles.